The lowest BCUT2D eigenvalue weighted by Crippen LogP contribution is -2.21. The highest BCUT2D eigenvalue weighted by Crippen LogP contribution is 2.24. The van der Waals surface area contributed by atoms with E-state index in [0.29, 0.717) is 0 Å². The summed E-state index contributed by atoms with van der Waals surface area (Å²) in [7, 11) is 0. The molecule has 0 amide bonds. The van der Waals surface area contributed by atoms with Crippen LogP contribution in [-0.4, -0.2) is 22.8 Å². The van der Waals surface area contributed by atoms with Gasteiger partial charge in [0.05, 0.1) is 0 Å². The lowest BCUT2D eigenvalue weighted by molar-refractivity contribution is -0.124. The fraction of sp³-hybridized carbons (Fsp3) is 0.267. The van der Waals surface area contributed by atoms with E-state index in [0.717, 1.165) is 10.6 Å². The summed E-state index contributed by atoms with van der Waals surface area (Å²) in [6, 6.07) is 7.90. The van der Waals surface area contributed by atoms with Crippen molar-refractivity contribution in [3.05, 3.63) is 40.9 Å². The molecule has 1 atom stereocenters. The summed E-state index contributed by atoms with van der Waals surface area (Å²) in [5, 5.41) is 2.40. The van der Waals surface area contributed by atoms with Crippen LogP contribution >= 0.6 is 11.3 Å². The number of benzene rings is 1. The molecule has 0 bridgehead atoms. The van der Waals surface area contributed by atoms with Crippen LogP contribution in [0.1, 0.15) is 29.9 Å². The molecule has 0 saturated heterocycles. The summed E-state index contributed by atoms with van der Waals surface area (Å²) in [4.78, 5) is 27.2. The molecule has 1 aromatic heterocycles. The molecule has 1 heterocycles. The molecule has 0 radical (unpaired) electrons. The normalized spacial score (nSPS) is 11.9. The summed E-state index contributed by atoms with van der Waals surface area (Å²) in [6.45, 7) is 4.95. The Hall–Kier alpha value is -2.01. The summed E-state index contributed by atoms with van der Waals surface area (Å²) in [5.41, 5.74) is 2.36. The van der Waals surface area contributed by atoms with Gasteiger partial charge >= 0.3 is 5.97 Å². The summed E-state index contributed by atoms with van der Waals surface area (Å²) in [5.74, 6) is -0.755. The van der Waals surface area contributed by atoms with Crippen LogP contribution in [0.15, 0.2) is 29.6 Å². The number of thiazole rings is 1. The number of carbonyl (C=O) groups excluding carboxylic acids is 2. The minimum absolute atomic E-state index is 0.188. The maximum atomic E-state index is 11.8. The lowest BCUT2D eigenvalue weighted by atomic mass is 10.2. The second kappa shape index (κ2) is 5.96. The van der Waals surface area contributed by atoms with Crippen LogP contribution in [0, 0.1) is 6.92 Å². The van der Waals surface area contributed by atoms with Crippen molar-refractivity contribution in [2.24, 2.45) is 0 Å². The first-order valence-electron chi connectivity index (χ1n) is 6.21. The van der Waals surface area contributed by atoms with Gasteiger partial charge in [-0.25, -0.2) is 9.78 Å². The van der Waals surface area contributed by atoms with E-state index in [1.165, 1.54) is 23.8 Å². The van der Waals surface area contributed by atoms with Gasteiger partial charge in [0.1, 0.15) is 5.01 Å². The van der Waals surface area contributed by atoms with E-state index < -0.39 is 12.1 Å². The average Bonchev–Trinajstić information content (AvgIpc) is 2.89. The molecule has 0 N–H and O–H groups in total. The van der Waals surface area contributed by atoms with Crippen molar-refractivity contribution in [3.8, 4) is 10.6 Å². The fourth-order valence-electron chi connectivity index (χ4n) is 1.50. The van der Waals surface area contributed by atoms with Gasteiger partial charge in [0.2, 0.25) is 0 Å². The molecule has 0 fully saturated rings. The van der Waals surface area contributed by atoms with Crippen molar-refractivity contribution in [2.45, 2.75) is 26.9 Å². The number of rotatable bonds is 4. The summed E-state index contributed by atoms with van der Waals surface area (Å²) in [6.07, 6.45) is -0.743. The van der Waals surface area contributed by atoms with Crippen LogP contribution in [0.4, 0.5) is 0 Å². The second-order valence-electron chi connectivity index (χ2n) is 4.56. The quantitative estimate of drug-likeness (QED) is 0.811. The Balaban J connectivity index is 2.14. The number of ether oxygens (including phenoxy) is 1. The number of nitrogens with zero attached hydrogens (tertiary/aromatic N) is 1. The molecule has 104 valence electrons. The zero-order valence-corrected chi connectivity index (χ0v) is 12.4. The van der Waals surface area contributed by atoms with Gasteiger partial charge < -0.3 is 4.74 Å². The summed E-state index contributed by atoms with van der Waals surface area (Å²) >= 11 is 1.38. The topological polar surface area (TPSA) is 56.3 Å². The van der Waals surface area contributed by atoms with E-state index in [2.05, 4.69) is 4.98 Å². The van der Waals surface area contributed by atoms with Gasteiger partial charge in [-0.2, -0.15) is 0 Å². The van der Waals surface area contributed by atoms with Crippen LogP contribution in [-0.2, 0) is 9.53 Å². The molecule has 0 saturated carbocycles. The van der Waals surface area contributed by atoms with Crippen molar-refractivity contribution in [1.82, 2.24) is 4.98 Å². The fourth-order valence-corrected chi connectivity index (χ4v) is 2.30. The Morgan fingerprint density at radius 3 is 2.50 bits per heavy atom. The van der Waals surface area contributed by atoms with Crippen molar-refractivity contribution in [1.29, 1.82) is 0 Å². The van der Waals surface area contributed by atoms with Gasteiger partial charge in [0, 0.05) is 10.9 Å². The van der Waals surface area contributed by atoms with Crippen LogP contribution in [0.5, 0.6) is 0 Å². The lowest BCUT2D eigenvalue weighted by Gasteiger charge is -2.07. The zero-order valence-electron chi connectivity index (χ0n) is 11.5. The van der Waals surface area contributed by atoms with Crippen molar-refractivity contribution in [3.63, 3.8) is 0 Å². The monoisotopic (exact) mass is 289 g/mol. The molecule has 0 aliphatic rings. The van der Waals surface area contributed by atoms with Crippen molar-refractivity contribution < 1.29 is 14.3 Å². The SMILES string of the molecule is CC(=O)[C@@H](C)OC(=O)c1csc(-c2ccc(C)cc2)n1. The number of esters is 1. The molecule has 0 unspecified atom stereocenters. The van der Waals surface area contributed by atoms with E-state index in [9.17, 15) is 9.59 Å². The van der Waals surface area contributed by atoms with E-state index in [1.807, 2.05) is 31.2 Å². The molecule has 2 rings (SSSR count). The zero-order chi connectivity index (χ0) is 14.7. The first-order chi connectivity index (χ1) is 9.47. The minimum atomic E-state index is -0.743. The number of hydrogen-bond acceptors (Lipinski definition) is 5. The molecule has 1 aromatic carbocycles. The minimum Gasteiger partial charge on any atom is -0.450 e. The van der Waals surface area contributed by atoms with Gasteiger partial charge in [-0.1, -0.05) is 29.8 Å². The van der Waals surface area contributed by atoms with Gasteiger partial charge in [-0.15, -0.1) is 11.3 Å². The average molecular weight is 289 g/mol. The van der Waals surface area contributed by atoms with Crippen LogP contribution < -0.4 is 0 Å². The third-order valence-corrected chi connectivity index (χ3v) is 3.76. The molecule has 20 heavy (non-hydrogen) atoms. The molecule has 0 aliphatic carbocycles. The Morgan fingerprint density at radius 2 is 1.90 bits per heavy atom. The molecular weight excluding hydrogens is 274 g/mol. The maximum Gasteiger partial charge on any atom is 0.358 e. The van der Waals surface area contributed by atoms with Crippen molar-refractivity contribution in [2.75, 3.05) is 0 Å². The smallest absolute Gasteiger partial charge is 0.358 e. The Kier molecular flexibility index (Phi) is 4.29. The predicted molar refractivity (Wildman–Crippen MR) is 77.8 cm³/mol. The molecule has 2 aromatic rings. The van der Waals surface area contributed by atoms with Crippen molar-refractivity contribution >= 4 is 23.1 Å². The third kappa shape index (κ3) is 3.30. The predicted octanol–water partition coefficient (Wildman–Crippen LogP) is 3.25. The highest BCUT2D eigenvalue weighted by molar-refractivity contribution is 7.13. The number of aryl methyl sites for hydroxylation is 1. The molecule has 5 heteroatoms. The number of carbonyl (C=O) groups is 2. The molecular formula is C15H15NO3S. The van der Waals surface area contributed by atoms with Crippen LogP contribution in [0.3, 0.4) is 0 Å². The molecule has 4 nitrogen and oxygen atoms in total. The van der Waals surface area contributed by atoms with Crippen LogP contribution in [0.25, 0.3) is 10.6 Å². The number of aromatic nitrogens is 1. The van der Waals surface area contributed by atoms with Gasteiger partial charge in [-0.05, 0) is 20.8 Å². The van der Waals surface area contributed by atoms with Gasteiger partial charge in [0.25, 0.3) is 0 Å². The molecule has 0 aliphatic heterocycles. The first-order valence-corrected chi connectivity index (χ1v) is 7.09. The Labute approximate surface area is 121 Å². The Bertz CT molecular complexity index is 631. The van der Waals surface area contributed by atoms with E-state index in [4.69, 9.17) is 4.74 Å². The Morgan fingerprint density at radius 1 is 1.25 bits per heavy atom. The number of ketones is 1. The summed E-state index contributed by atoms with van der Waals surface area (Å²) < 4.78 is 5.02. The number of hydrogen-bond donors (Lipinski definition) is 0. The van der Waals surface area contributed by atoms with Crippen LogP contribution in [0.2, 0.25) is 0 Å². The highest BCUT2D eigenvalue weighted by atomic mass is 32.1. The second-order valence-corrected chi connectivity index (χ2v) is 5.42. The highest BCUT2D eigenvalue weighted by Gasteiger charge is 2.18. The molecule has 0 spiro atoms. The van der Waals surface area contributed by atoms with E-state index >= 15 is 0 Å². The van der Waals surface area contributed by atoms with Gasteiger partial charge in [0.15, 0.2) is 17.6 Å². The standard InChI is InChI=1S/C15H15NO3S/c1-9-4-6-12(7-5-9)14-16-13(8-20-14)15(18)19-11(3)10(2)17/h4-8,11H,1-3H3/t11-/m1/s1. The maximum absolute atomic E-state index is 11.8. The van der Waals surface area contributed by atoms with Gasteiger partial charge in [-0.3, -0.25) is 4.79 Å². The first kappa shape index (κ1) is 14.4. The van der Waals surface area contributed by atoms with E-state index in [-0.39, 0.29) is 11.5 Å². The third-order valence-electron chi connectivity index (χ3n) is 2.87. The number of Topliss-reactive ketones (excluding diaryl/α,β-unsaturated/α-hetero) is 1. The largest absolute Gasteiger partial charge is 0.450 e. The van der Waals surface area contributed by atoms with E-state index in [1.54, 1.807) is 12.3 Å².